The summed E-state index contributed by atoms with van der Waals surface area (Å²) < 4.78 is 6.07. The van der Waals surface area contributed by atoms with E-state index in [-0.39, 0.29) is 29.7 Å². The lowest BCUT2D eigenvalue weighted by molar-refractivity contribution is -0.131. The van der Waals surface area contributed by atoms with Gasteiger partial charge in [0.25, 0.3) is 0 Å². The Labute approximate surface area is 222 Å². The van der Waals surface area contributed by atoms with Gasteiger partial charge in [-0.2, -0.15) is 0 Å². The molecule has 2 aromatic carbocycles. The van der Waals surface area contributed by atoms with E-state index in [0.717, 1.165) is 28.9 Å². The summed E-state index contributed by atoms with van der Waals surface area (Å²) in [5, 5.41) is 11.4. The summed E-state index contributed by atoms with van der Waals surface area (Å²) in [4.78, 5) is 19.9. The average molecular weight is 521 g/mol. The molecular formula is C29H33ClN4O3. The molecule has 2 saturated heterocycles. The first kappa shape index (κ1) is 25.5. The Balaban J connectivity index is 1.54. The molecule has 0 spiro atoms. The van der Waals surface area contributed by atoms with E-state index < -0.39 is 6.04 Å². The number of fused-ring (bicyclic) bond motifs is 1. The van der Waals surface area contributed by atoms with Crippen LogP contribution in [0.25, 0.3) is 0 Å². The second kappa shape index (κ2) is 10.7. The van der Waals surface area contributed by atoms with Gasteiger partial charge in [-0.05, 0) is 66.3 Å². The highest BCUT2D eigenvalue weighted by molar-refractivity contribution is 6.31. The van der Waals surface area contributed by atoms with Crippen molar-refractivity contribution in [3.05, 3.63) is 88.2 Å². The monoisotopic (exact) mass is 520 g/mol. The van der Waals surface area contributed by atoms with Crippen molar-refractivity contribution in [3.63, 3.8) is 0 Å². The zero-order chi connectivity index (χ0) is 26.1. The van der Waals surface area contributed by atoms with E-state index in [2.05, 4.69) is 29.7 Å². The van der Waals surface area contributed by atoms with Crippen LogP contribution in [0.1, 0.15) is 54.6 Å². The van der Waals surface area contributed by atoms with Crippen LogP contribution >= 0.6 is 11.6 Å². The zero-order valence-corrected chi connectivity index (χ0v) is 22.1. The van der Waals surface area contributed by atoms with Gasteiger partial charge in [0.15, 0.2) is 0 Å². The number of hydrogen-bond acceptors (Lipinski definition) is 6. The van der Waals surface area contributed by atoms with Gasteiger partial charge in [-0.15, -0.1) is 0 Å². The third kappa shape index (κ3) is 5.17. The van der Waals surface area contributed by atoms with Gasteiger partial charge in [-0.25, -0.2) is 10.9 Å². The molecule has 4 unspecified atom stereocenters. The third-order valence-corrected chi connectivity index (χ3v) is 7.70. The molecule has 8 heteroatoms. The number of likely N-dealkylation sites (tertiary alicyclic amines) is 1. The fraction of sp³-hybridized carbons (Fsp3) is 0.379. The maximum atomic E-state index is 13.8. The number of amides is 1. The lowest BCUT2D eigenvalue weighted by Crippen LogP contribution is -2.41. The van der Waals surface area contributed by atoms with Gasteiger partial charge in [0.1, 0.15) is 17.5 Å². The van der Waals surface area contributed by atoms with Gasteiger partial charge in [-0.1, -0.05) is 43.6 Å². The van der Waals surface area contributed by atoms with Gasteiger partial charge in [0, 0.05) is 35.4 Å². The molecule has 3 N–H and O–H groups in total. The number of benzene rings is 2. The minimum absolute atomic E-state index is 0.00215. The summed E-state index contributed by atoms with van der Waals surface area (Å²) in [6.45, 7) is 7.27. The first-order valence-electron chi connectivity index (χ1n) is 12.8. The number of nitrogens with one attached hydrogen (secondary N) is 2. The fourth-order valence-electron chi connectivity index (χ4n) is 5.36. The van der Waals surface area contributed by atoms with E-state index in [9.17, 15) is 9.90 Å². The number of halogens is 1. The molecule has 7 nitrogen and oxygen atoms in total. The summed E-state index contributed by atoms with van der Waals surface area (Å²) in [5.41, 5.74) is 9.90. The van der Waals surface area contributed by atoms with Crippen molar-refractivity contribution in [3.8, 4) is 11.5 Å². The van der Waals surface area contributed by atoms with Crippen molar-refractivity contribution >= 4 is 17.5 Å². The summed E-state index contributed by atoms with van der Waals surface area (Å²) >= 11 is 6.46. The highest BCUT2D eigenvalue weighted by atomic mass is 35.5. The van der Waals surface area contributed by atoms with Crippen molar-refractivity contribution in [2.75, 3.05) is 6.61 Å². The summed E-state index contributed by atoms with van der Waals surface area (Å²) in [7, 11) is 0. The van der Waals surface area contributed by atoms with E-state index in [1.165, 1.54) is 0 Å². The highest BCUT2D eigenvalue weighted by Crippen LogP contribution is 2.50. The molecule has 4 atom stereocenters. The van der Waals surface area contributed by atoms with Gasteiger partial charge in [0.2, 0.25) is 5.91 Å². The van der Waals surface area contributed by atoms with E-state index in [1.807, 2.05) is 48.2 Å². The minimum atomic E-state index is -0.461. The van der Waals surface area contributed by atoms with Gasteiger partial charge < -0.3 is 14.7 Å². The molecule has 2 aliphatic heterocycles. The maximum Gasteiger partial charge on any atom is 0.242 e. The quantitative estimate of drug-likeness (QED) is 0.383. The average Bonchev–Trinajstić information content (AvgIpc) is 3.41. The summed E-state index contributed by atoms with van der Waals surface area (Å²) in [6.07, 6.45) is 4.48. The van der Waals surface area contributed by atoms with Crippen molar-refractivity contribution in [1.82, 2.24) is 20.7 Å². The first-order valence-corrected chi connectivity index (χ1v) is 13.1. The first-order chi connectivity index (χ1) is 17.8. The number of rotatable bonds is 8. The molecule has 2 aliphatic rings. The number of hydrazine groups is 1. The number of nitrogens with zero attached hydrogens (tertiary/aromatic N) is 2. The Bertz CT molecular complexity index is 1270. The molecule has 0 radical (unpaired) electrons. The third-order valence-electron chi connectivity index (χ3n) is 7.30. The van der Waals surface area contributed by atoms with Gasteiger partial charge >= 0.3 is 0 Å². The van der Waals surface area contributed by atoms with Crippen LogP contribution in [0.15, 0.2) is 60.9 Å². The predicted octanol–water partition coefficient (Wildman–Crippen LogP) is 5.09. The number of phenols is 1. The normalized spacial score (nSPS) is 23.1. The Hall–Kier alpha value is -3.13. The Kier molecular flexibility index (Phi) is 7.38. The van der Waals surface area contributed by atoms with Gasteiger partial charge in [-0.3, -0.25) is 9.78 Å². The van der Waals surface area contributed by atoms with Crippen molar-refractivity contribution in [2.24, 2.45) is 11.8 Å². The molecule has 194 valence electrons. The zero-order valence-electron chi connectivity index (χ0n) is 21.3. The van der Waals surface area contributed by atoms with Crippen molar-refractivity contribution in [1.29, 1.82) is 0 Å². The molecule has 0 saturated carbocycles. The molecule has 3 heterocycles. The van der Waals surface area contributed by atoms with Crippen LogP contribution in [0.5, 0.6) is 11.5 Å². The van der Waals surface area contributed by atoms with Crippen LogP contribution in [-0.4, -0.2) is 33.5 Å². The number of carbonyl (C=O) groups excluding carboxylic acids is 1. The van der Waals surface area contributed by atoms with Crippen molar-refractivity contribution < 1.29 is 14.6 Å². The molecule has 37 heavy (non-hydrogen) atoms. The predicted molar refractivity (Wildman–Crippen MR) is 143 cm³/mol. The van der Waals surface area contributed by atoms with Crippen LogP contribution in [0.4, 0.5) is 0 Å². The number of hydrogen-bond donors (Lipinski definition) is 3. The van der Waals surface area contributed by atoms with Crippen LogP contribution in [-0.2, 0) is 11.3 Å². The number of aromatic hydroxyl groups is 1. The molecule has 5 rings (SSSR count). The number of ether oxygens (including phenoxy) is 1. The maximum absolute atomic E-state index is 13.8. The number of aromatic nitrogens is 1. The molecule has 3 aromatic rings. The number of aryl methyl sites for hydroxylation is 1. The number of phenolic OH excluding ortho intramolecular Hbond substituents is 1. The Morgan fingerprint density at radius 3 is 2.70 bits per heavy atom. The molecule has 1 amide bonds. The van der Waals surface area contributed by atoms with Crippen LogP contribution in [0.3, 0.4) is 0 Å². The van der Waals surface area contributed by atoms with Crippen LogP contribution in [0, 0.1) is 18.8 Å². The SMILES string of the molecule is Cc1cc(O)c(C2NNC3C(=O)N(Cc4cccnc4)C(c4cccc(OCCC(C)C)c4)C32)cc1Cl. The second-order valence-electron chi connectivity index (χ2n) is 10.4. The van der Waals surface area contributed by atoms with Gasteiger partial charge in [0.05, 0.1) is 18.7 Å². The molecule has 0 bridgehead atoms. The number of carbonyl (C=O) groups is 1. The summed E-state index contributed by atoms with van der Waals surface area (Å²) in [6, 6.07) is 14.3. The smallest absolute Gasteiger partial charge is 0.242 e. The topological polar surface area (TPSA) is 86.7 Å². The van der Waals surface area contributed by atoms with E-state index in [4.69, 9.17) is 16.3 Å². The van der Waals surface area contributed by atoms with E-state index in [1.54, 1.807) is 24.5 Å². The van der Waals surface area contributed by atoms with E-state index in [0.29, 0.717) is 29.7 Å². The largest absolute Gasteiger partial charge is 0.508 e. The standard InChI is InChI=1S/C29H33ClN4O3/c1-17(2)9-11-37-21-8-4-7-20(13-21)28-25-26(22-14-23(30)18(3)12-24(22)35)32-33-27(25)29(36)34(28)16-19-6-5-10-31-15-19/h4-8,10,12-15,17,25-28,32-33,35H,9,11,16H2,1-3H3. The van der Waals surface area contributed by atoms with Crippen molar-refractivity contribution in [2.45, 2.75) is 51.9 Å². The fourth-order valence-corrected chi connectivity index (χ4v) is 5.53. The van der Waals surface area contributed by atoms with Crippen LogP contribution in [0.2, 0.25) is 5.02 Å². The minimum Gasteiger partial charge on any atom is -0.508 e. The summed E-state index contributed by atoms with van der Waals surface area (Å²) in [5.74, 6) is 1.30. The second-order valence-corrected chi connectivity index (χ2v) is 10.8. The molecule has 1 aromatic heterocycles. The number of pyridine rings is 1. The lowest BCUT2D eigenvalue weighted by Gasteiger charge is -2.32. The molecule has 0 aliphatic carbocycles. The van der Waals surface area contributed by atoms with E-state index >= 15 is 0 Å². The Morgan fingerprint density at radius 1 is 1.14 bits per heavy atom. The molecular weight excluding hydrogens is 488 g/mol. The lowest BCUT2D eigenvalue weighted by atomic mass is 9.83. The molecule has 2 fully saturated rings. The highest BCUT2D eigenvalue weighted by Gasteiger charge is 2.56. The van der Waals surface area contributed by atoms with Crippen LogP contribution < -0.4 is 15.6 Å². The Morgan fingerprint density at radius 2 is 1.95 bits per heavy atom.